The van der Waals surface area contributed by atoms with E-state index in [1.54, 1.807) is 5.38 Å². The molecular formula is C16H20N6O4S. The molecule has 1 amide bonds. The van der Waals surface area contributed by atoms with Gasteiger partial charge in [0.05, 0.1) is 0 Å². The average Bonchev–Trinajstić information content (AvgIpc) is 3.20. The van der Waals surface area contributed by atoms with Crippen LogP contribution >= 0.6 is 11.3 Å². The first-order valence-electron chi connectivity index (χ1n) is 8.26. The van der Waals surface area contributed by atoms with Crippen molar-refractivity contribution < 1.29 is 4.79 Å². The molecule has 27 heavy (non-hydrogen) atoms. The van der Waals surface area contributed by atoms with Gasteiger partial charge in [0.25, 0.3) is 5.56 Å². The van der Waals surface area contributed by atoms with Crippen molar-refractivity contribution in [3.05, 3.63) is 47.9 Å². The molecule has 0 saturated carbocycles. The Bertz CT molecular complexity index is 1190. The first-order chi connectivity index (χ1) is 12.7. The first kappa shape index (κ1) is 18.8. The molecule has 0 aliphatic heterocycles. The van der Waals surface area contributed by atoms with Crippen LogP contribution in [0.3, 0.4) is 0 Å². The van der Waals surface area contributed by atoms with Crippen molar-refractivity contribution in [2.45, 2.75) is 26.4 Å². The molecule has 0 bridgehead atoms. The first-order valence-corrected chi connectivity index (χ1v) is 9.14. The van der Waals surface area contributed by atoms with Crippen molar-refractivity contribution in [2.75, 3.05) is 0 Å². The lowest BCUT2D eigenvalue weighted by Crippen LogP contribution is -2.39. The Kier molecular flexibility index (Phi) is 4.64. The molecule has 3 heterocycles. The Morgan fingerprint density at radius 2 is 1.85 bits per heavy atom. The van der Waals surface area contributed by atoms with E-state index in [1.807, 2.05) is 13.8 Å². The number of hydrogen-bond acceptors (Lipinski definition) is 6. The number of aryl methyl sites for hydroxylation is 1. The Labute approximate surface area is 157 Å². The van der Waals surface area contributed by atoms with E-state index in [2.05, 4.69) is 4.98 Å². The van der Waals surface area contributed by atoms with Crippen molar-refractivity contribution in [3.8, 4) is 0 Å². The summed E-state index contributed by atoms with van der Waals surface area (Å²) in [6.45, 7) is 4.08. The molecule has 3 aromatic rings. The number of nitrogens with two attached hydrogens (primary N) is 1. The maximum atomic E-state index is 13.2. The maximum Gasteiger partial charge on any atom is 0.332 e. The number of amides is 1. The van der Waals surface area contributed by atoms with Gasteiger partial charge < -0.3 is 5.73 Å². The summed E-state index contributed by atoms with van der Waals surface area (Å²) in [5, 5.41) is 1.95. The quantitative estimate of drug-likeness (QED) is 0.620. The molecule has 0 aromatic carbocycles. The predicted molar refractivity (Wildman–Crippen MR) is 101 cm³/mol. The fourth-order valence-electron chi connectivity index (χ4n) is 3.15. The highest BCUT2D eigenvalue weighted by Gasteiger charge is 2.31. The number of nitrogens with zero attached hydrogens (tertiary/aromatic N) is 5. The lowest BCUT2D eigenvalue weighted by Gasteiger charge is -2.12. The number of aromatic nitrogens is 5. The van der Waals surface area contributed by atoms with Gasteiger partial charge in [-0.25, -0.2) is 14.6 Å². The van der Waals surface area contributed by atoms with E-state index in [-0.39, 0.29) is 23.6 Å². The van der Waals surface area contributed by atoms with E-state index < -0.39 is 28.9 Å². The zero-order valence-corrected chi connectivity index (χ0v) is 16.2. The zero-order valence-electron chi connectivity index (χ0n) is 15.4. The second-order valence-electron chi connectivity index (χ2n) is 6.71. The van der Waals surface area contributed by atoms with Gasteiger partial charge >= 0.3 is 11.4 Å². The highest BCUT2D eigenvalue weighted by molar-refractivity contribution is 7.09. The Morgan fingerprint density at radius 3 is 2.37 bits per heavy atom. The molecule has 0 fully saturated rings. The number of carbonyl (C=O) groups excluding carboxylic acids is 1. The average molecular weight is 392 g/mol. The van der Waals surface area contributed by atoms with Gasteiger partial charge in [0.1, 0.15) is 5.01 Å². The van der Waals surface area contributed by atoms with E-state index in [9.17, 15) is 19.2 Å². The number of carbonyl (C=O) groups is 1. The monoisotopic (exact) mass is 392 g/mol. The Hall–Kier alpha value is -2.95. The predicted octanol–water partition coefficient (Wildman–Crippen LogP) is -0.612. The van der Waals surface area contributed by atoms with Crippen LogP contribution in [0.2, 0.25) is 0 Å². The van der Waals surface area contributed by atoms with Crippen LogP contribution in [0.25, 0.3) is 11.2 Å². The number of rotatable bonds is 5. The number of thiazole rings is 1. The molecule has 3 rings (SSSR count). The van der Waals surface area contributed by atoms with E-state index in [4.69, 9.17) is 5.73 Å². The summed E-state index contributed by atoms with van der Waals surface area (Å²) in [5.74, 6) is -0.751. The lowest BCUT2D eigenvalue weighted by atomic mass is 10.2. The topological polar surface area (TPSA) is 127 Å². The molecular weight excluding hydrogens is 372 g/mol. The molecule has 3 aromatic heterocycles. The Morgan fingerprint density at radius 1 is 1.19 bits per heavy atom. The maximum absolute atomic E-state index is 13.2. The van der Waals surface area contributed by atoms with Crippen LogP contribution < -0.4 is 22.7 Å². The minimum atomic E-state index is -1.24. The minimum Gasteiger partial charge on any atom is -0.367 e. The summed E-state index contributed by atoms with van der Waals surface area (Å²) in [6, 6.07) is -1.24. The third-order valence-corrected chi connectivity index (χ3v) is 5.13. The number of primary amides is 1. The van der Waals surface area contributed by atoms with Gasteiger partial charge in [-0.2, -0.15) is 0 Å². The SMILES string of the molecule is CC(C)Cn1c(=O)n(C(C(N)=O)c2nccs2)c2c(=O)n(C)c(=O)n(C)c21. The molecule has 0 radical (unpaired) electrons. The molecule has 10 nitrogen and oxygen atoms in total. The third kappa shape index (κ3) is 2.83. The summed E-state index contributed by atoms with van der Waals surface area (Å²) in [5.41, 5.74) is 3.85. The van der Waals surface area contributed by atoms with Crippen LogP contribution in [0.5, 0.6) is 0 Å². The van der Waals surface area contributed by atoms with E-state index in [0.717, 1.165) is 20.5 Å². The van der Waals surface area contributed by atoms with Crippen molar-refractivity contribution in [1.29, 1.82) is 0 Å². The van der Waals surface area contributed by atoms with Crippen molar-refractivity contribution >= 4 is 28.4 Å². The molecule has 1 atom stereocenters. The lowest BCUT2D eigenvalue weighted by molar-refractivity contribution is -0.120. The van der Waals surface area contributed by atoms with Gasteiger partial charge in [-0.1, -0.05) is 13.8 Å². The second-order valence-corrected chi connectivity index (χ2v) is 7.64. The van der Waals surface area contributed by atoms with Gasteiger partial charge in [-0.05, 0) is 5.92 Å². The summed E-state index contributed by atoms with van der Waals surface area (Å²) < 4.78 is 4.53. The van der Waals surface area contributed by atoms with Crippen LogP contribution in [0, 0.1) is 5.92 Å². The third-order valence-electron chi connectivity index (χ3n) is 4.30. The number of fused-ring (bicyclic) bond motifs is 1. The highest BCUT2D eigenvalue weighted by Crippen LogP contribution is 2.22. The van der Waals surface area contributed by atoms with Crippen molar-refractivity contribution in [3.63, 3.8) is 0 Å². The fourth-order valence-corrected chi connectivity index (χ4v) is 3.88. The van der Waals surface area contributed by atoms with Crippen LogP contribution in [-0.4, -0.2) is 29.2 Å². The van der Waals surface area contributed by atoms with Gasteiger partial charge in [-0.3, -0.25) is 27.9 Å². The summed E-state index contributed by atoms with van der Waals surface area (Å²) >= 11 is 1.15. The van der Waals surface area contributed by atoms with Gasteiger partial charge in [0.2, 0.25) is 5.91 Å². The smallest absolute Gasteiger partial charge is 0.332 e. The molecule has 2 N–H and O–H groups in total. The van der Waals surface area contributed by atoms with E-state index in [1.165, 1.54) is 29.4 Å². The van der Waals surface area contributed by atoms with Gasteiger partial charge in [-0.15, -0.1) is 11.3 Å². The zero-order chi connectivity index (χ0) is 20.0. The van der Waals surface area contributed by atoms with Crippen LogP contribution in [-0.2, 0) is 25.4 Å². The largest absolute Gasteiger partial charge is 0.367 e. The summed E-state index contributed by atoms with van der Waals surface area (Å²) in [6.07, 6.45) is 1.49. The number of hydrogen-bond donors (Lipinski definition) is 1. The van der Waals surface area contributed by atoms with Crippen molar-refractivity contribution in [1.82, 2.24) is 23.3 Å². The molecule has 0 spiro atoms. The molecule has 11 heteroatoms. The van der Waals surface area contributed by atoms with E-state index >= 15 is 0 Å². The molecule has 144 valence electrons. The summed E-state index contributed by atoms with van der Waals surface area (Å²) in [7, 11) is 2.80. The second kappa shape index (κ2) is 6.65. The fraction of sp³-hybridized carbons (Fsp3) is 0.438. The molecule has 0 saturated heterocycles. The highest BCUT2D eigenvalue weighted by atomic mass is 32.1. The molecule has 0 aliphatic carbocycles. The van der Waals surface area contributed by atoms with E-state index in [0.29, 0.717) is 5.01 Å². The van der Waals surface area contributed by atoms with Crippen LogP contribution in [0.1, 0.15) is 24.9 Å². The standard InChI is InChI=1S/C16H20N6O4S/c1-8(2)7-21-13-10(14(24)20(4)15(25)19(13)3)22(16(21)26)9(11(17)23)12-18-5-6-27-12/h5-6,8-9H,7H2,1-4H3,(H2,17,23). The van der Waals surface area contributed by atoms with Crippen molar-refractivity contribution in [2.24, 2.45) is 25.7 Å². The molecule has 1 unspecified atom stereocenters. The van der Waals surface area contributed by atoms with Crippen LogP contribution in [0.4, 0.5) is 0 Å². The summed E-state index contributed by atoms with van der Waals surface area (Å²) in [4.78, 5) is 54.8. The normalized spacial score (nSPS) is 12.8. The minimum absolute atomic E-state index is 0.0516. The Balaban J connectivity index is 2.56. The number of imidazole rings is 1. The van der Waals surface area contributed by atoms with Gasteiger partial charge in [0, 0.05) is 32.2 Å². The van der Waals surface area contributed by atoms with Gasteiger partial charge in [0.15, 0.2) is 17.2 Å². The van der Waals surface area contributed by atoms with Crippen LogP contribution in [0.15, 0.2) is 26.0 Å². The molecule has 0 aliphatic rings.